The van der Waals surface area contributed by atoms with Crippen LogP contribution in [0.4, 0.5) is 5.69 Å². The zero-order valence-corrected chi connectivity index (χ0v) is 11.7. The molecule has 2 aromatic rings. The standard InChI is InChI=1S/C16H16N2O3/c1-2-21-16(20)13-5-7-14(8-6-13)18-15(19)10-12-4-3-9-17-11-12/h3-9,11H,2,10H2,1H3,(H,18,19). The van der Waals surface area contributed by atoms with E-state index < -0.39 is 0 Å². The first-order valence-corrected chi connectivity index (χ1v) is 6.65. The van der Waals surface area contributed by atoms with E-state index in [0.717, 1.165) is 5.56 Å². The van der Waals surface area contributed by atoms with Gasteiger partial charge in [0.25, 0.3) is 0 Å². The third kappa shape index (κ3) is 4.42. The Morgan fingerprint density at radius 1 is 1.19 bits per heavy atom. The van der Waals surface area contributed by atoms with Crippen molar-refractivity contribution >= 4 is 17.6 Å². The molecule has 21 heavy (non-hydrogen) atoms. The van der Waals surface area contributed by atoms with E-state index in [-0.39, 0.29) is 18.3 Å². The molecule has 0 radical (unpaired) electrons. The third-order valence-corrected chi connectivity index (χ3v) is 2.77. The smallest absolute Gasteiger partial charge is 0.338 e. The van der Waals surface area contributed by atoms with E-state index in [9.17, 15) is 9.59 Å². The number of nitrogens with zero attached hydrogens (tertiary/aromatic N) is 1. The highest BCUT2D eigenvalue weighted by Gasteiger charge is 2.07. The number of rotatable bonds is 5. The van der Waals surface area contributed by atoms with Crippen LogP contribution >= 0.6 is 0 Å². The maximum atomic E-state index is 11.9. The van der Waals surface area contributed by atoms with Gasteiger partial charge in [0.2, 0.25) is 5.91 Å². The van der Waals surface area contributed by atoms with Gasteiger partial charge in [-0.25, -0.2) is 4.79 Å². The molecule has 1 N–H and O–H groups in total. The van der Waals surface area contributed by atoms with Crippen molar-refractivity contribution in [3.8, 4) is 0 Å². The summed E-state index contributed by atoms with van der Waals surface area (Å²) in [6, 6.07) is 10.2. The van der Waals surface area contributed by atoms with Crippen LogP contribution in [0.15, 0.2) is 48.8 Å². The Bertz CT molecular complexity index is 609. The molecule has 0 saturated carbocycles. The number of amides is 1. The average molecular weight is 284 g/mol. The molecule has 0 spiro atoms. The number of pyridine rings is 1. The van der Waals surface area contributed by atoms with Gasteiger partial charge in [-0.05, 0) is 42.8 Å². The first-order chi connectivity index (χ1) is 10.2. The minimum absolute atomic E-state index is 0.133. The topological polar surface area (TPSA) is 68.3 Å². The fourth-order valence-electron chi connectivity index (χ4n) is 1.80. The van der Waals surface area contributed by atoms with Crippen molar-refractivity contribution in [3.05, 3.63) is 59.9 Å². The number of aromatic nitrogens is 1. The molecule has 0 bridgehead atoms. The molecule has 5 nitrogen and oxygen atoms in total. The van der Waals surface area contributed by atoms with Crippen LogP contribution < -0.4 is 5.32 Å². The summed E-state index contributed by atoms with van der Waals surface area (Å²) in [5.41, 5.74) is 1.94. The lowest BCUT2D eigenvalue weighted by atomic mass is 10.2. The Morgan fingerprint density at radius 2 is 1.95 bits per heavy atom. The summed E-state index contributed by atoms with van der Waals surface area (Å²) in [5.74, 6) is -0.502. The highest BCUT2D eigenvalue weighted by atomic mass is 16.5. The van der Waals surface area contributed by atoms with Crippen molar-refractivity contribution < 1.29 is 14.3 Å². The van der Waals surface area contributed by atoms with Crippen molar-refractivity contribution in [1.29, 1.82) is 0 Å². The monoisotopic (exact) mass is 284 g/mol. The Labute approximate surface area is 123 Å². The second kappa shape index (κ2) is 7.19. The molecule has 0 aliphatic heterocycles. The highest BCUT2D eigenvalue weighted by molar-refractivity contribution is 5.93. The highest BCUT2D eigenvalue weighted by Crippen LogP contribution is 2.11. The van der Waals surface area contributed by atoms with Gasteiger partial charge < -0.3 is 10.1 Å². The van der Waals surface area contributed by atoms with Gasteiger partial charge in [-0.15, -0.1) is 0 Å². The van der Waals surface area contributed by atoms with E-state index >= 15 is 0 Å². The van der Waals surface area contributed by atoms with Gasteiger partial charge in [0.1, 0.15) is 0 Å². The molecular formula is C16H16N2O3. The van der Waals surface area contributed by atoms with E-state index in [1.165, 1.54) is 0 Å². The summed E-state index contributed by atoms with van der Waals surface area (Å²) < 4.78 is 4.89. The second-order valence-corrected chi connectivity index (χ2v) is 4.38. The number of carbonyl (C=O) groups is 2. The lowest BCUT2D eigenvalue weighted by Gasteiger charge is -2.06. The largest absolute Gasteiger partial charge is 0.462 e. The Morgan fingerprint density at radius 3 is 2.57 bits per heavy atom. The van der Waals surface area contributed by atoms with Crippen LogP contribution in [0.3, 0.4) is 0 Å². The number of esters is 1. The van der Waals surface area contributed by atoms with Crippen LogP contribution in [0.2, 0.25) is 0 Å². The van der Waals surface area contributed by atoms with Crippen LogP contribution in [-0.2, 0) is 16.0 Å². The number of benzene rings is 1. The second-order valence-electron chi connectivity index (χ2n) is 4.38. The number of ether oxygens (including phenoxy) is 1. The fraction of sp³-hybridized carbons (Fsp3) is 0.188. The van der Waals surface area contributed by atoms with Gasteiger partial charge >= 0.3 is 5.97 Å². The van der Waals surface area contributed by atoms with Crippen LogP contribution in [0, 0.1) is 0 Å². The zero-order chi connectivity index (χ0) is 15.1. The van der Waals surface area contributed by atoms with Crippen molar-refractivity contribution in [3.63, 3.8) is 0 Å². The van der Waals surface area contributed by atoms with E-state index in [2.05, 4.69) is 10.3 Å². The van der Waals surface area contributed by atoms with Gasteiger partial charge in [0.05, 0.1) is 18.6 Å². The number of hydrogen-bond donors (Lipinski definition) is 1. The first kappa shape index (κ1) is 14.7. The van der Waals surface area contributed by atoms with Crippen molar-refractivity contribution in [2.24, 2.45) is 0 Å². The lowest BCUT2D eigenvalue weighted by molar-refractivity contribution is -0.115. The van der Waals surface area contributed by atoms with Gasteiger partial charge in [-0.3, -0.25) is 9.78 Å². The van der Waals surface area contributed by atoms with E-state index in [0.29, 0.717) is 17.9 Å². The number of hydrogen-bond acceptors (Lipinski definition) is 4. The molecule has 1 aromatic heterocycles. The summed E-state index contributed by atoms with van der Waals surface area (Å²) in [4.78, 5) is 27.3. The van der Waals surface area contributed by atoms with Crippen molar-refractivity contribution in [1.82, 2.24) is 4.98 Å². The molecule has 0 aliphatic rings. The normalized spacial score (nSPS) is 9.95. The molecule has 1 amide bonds. The maximum absolute atomic E-state index is 11.9. The summed E-state index contributed by atoms with van der Waals surface area (Å²) >= 11 is 0. The molecule has 0 unspecified atom stereocenters. The summed E-state index contributed by atoms with van der Waals surface area (Å²) in [5, 5.41) is 2.77. The van der Waals surface area contributed by atoms with Crippen LogP contribution in [-0.4, -0.2) is 23.5 Å². The molecule has 0 fully saturated rings. The maximum Gasteiger partial charge on any atom is 0.338 e. The Kier molecular flexibility index (Phi) is 5.04. The lowest BCUT2D eigenvalue weighted by Crippen LogP contribution is -2.14. The van der Waals surface area contributed by atoms with Crippen molar-refractivity contribution in [2.45, 2.75) is 13.3 Å². The molecule has 5 heteroatoms. The van der Waals surface area contributed by atoms with E-state index in [1.807, 2.05) is 6.07 Å². The van der Waals surface area contributed by atoms with Crippen LogP contribution in [0.25, 0.3) is 0 Å². The van der Waals surface area contributed by atoms with Crippen LogP contribution in [0.1, 0.15) is 22.8 Å². The molecule has 1 heterocycles. The quantitative estimate of drug-likeness (QED) is 0.856. The molecular weight excluding hydrogens is 268 g/mol. The molecule has 0 aliphatic carbocycles. The average Bonchev–Trinajstić information content (AvgIpc) is 2.49. The molecule has 2 rings (SSSR count). The van der Waals surface area contributed by atoms with Gasteiger partial charge in [-0.1, -0.05) is 6.07 Å². The predicted molar refractivity (Wildman–Crippen MR) is 79.0 cm³/mol. The SMILES string of the molecule is CCOC(=O)c1ccc(NC(=O)Cc2cccnc2)cc1. The molecule has 0 atom stereocenters. The first-order valence-electron chi connectivity index (χ1n) is 6.65. The molecule has 108 valence electrons. The Hall–Kier alpha value is -2.69. The van der Waals surface area contributed by atoms with E-state index in [4.69, 9.17) is 4.74 Å². The van der Waals surface area contributed by atoms with Crippen molar-refractivity contribution in [2.75, 3.05) is 11.9 Å². The number of anilines is 1. The third-order valence-electron chi connectivity index (χ3n) is 2.77. The number of carbonyl (C=O) groups excluding carboxylic acids is 2. The predicted octanol–water partition coefficient (Wildman–Crippen LogP) is 2.44. The molecule has 1 aromatic carbocycles. The fourth-order valence-corrected chi connectivity index (χ4v) is 1.80. The Balaban J connectivity index is 1.94. The summed E-state index contributed by atoms with van der Waals surface area (Å²) in [6.45, 7) is 2.09. The summed E-state index contributed by atoms with van der Waals surface area (Å²) in [6.07, 6.45) is 3.58. The van der Waals surface area contributed by atoms with E-state index in [1.54, 1.807) is 49.6 Å². The number of nitrogens with one attached hydrogen (secondary N) is 1. The van der Waals surface area contributed by atoms with Crippen LogP contribution in [0.5, 0.6) is 0 Å². The zero-order valence-electron chi connectivity index (χ0n) is 11.7. The van der Waals surface area contributed by atoms with Gasteiger partial charge in [-0.2, -0.15) is 0 Å². The molecule has 0 saturated heterocycles. The van der Waals surface area contributed by atoms with Gasteiger partial charge in [0, 0.05) is 18.1 Å². The van der Waals surface area contributed by atoms with Gasteiger partial charge in [0.15, 0.2) is 0 Å². The summed E-state index contributed by atoms with van der Waals surface area (Å²) in [7, 11) is 0. The minimum atomic E-state index is -0.370. The minimum Gasteiger partial charge on any atom is -0.462 e.